The highest BCUT2D eigenvalue weighted by atomic mass is 32.2. The third-order valence-electron chi connectivity index (χ3n) is 5.13. The Morgan fingerprint density at radius 1 is 0.958 bits per heavy atom. The Hall–Kier alpha value is -1.64. The van der Waals surface area contributed by atoms with E-state index >= 15 is 0 Å². The molecule has 2 aliphatic rings. The molecule has 1 aromatic heterocycles. The maximum absolute atomic E-state index is 12.6. The molecule has 1 N–H and O–H groups in total. The van der Waals surface area contributed by atoms with E-state index in [2.05, 4.69) is 4.98 Å². The number of aromatic amines is 1. The SMILES string of the molecule is O=c1[nH]c2ccccc2n1C1CCN(S(=O)(=O)N2CCCC2)CC1. The largest absolute Gasteiger partial charge is 0.326 e. The van der Waals surface area contributed by atoms with E-state index in [0.717, 1.165) is 23.9 Å². The number of hydrogen-bond acceptors (Lipinski definition) is 3. The van der Waals surface area contributed by atoms with Gasteiger partial charge in [-0.15, -0.1) is 0 Å². The van der Waals surface area contributed by atoms with Gasteiger partial charge in [0.05, 0.1) is 11.0 Å². The number of fused-ring (bicyclic) bond motifs is 1. The minimum atomic E-state index is -3.34. The fourth-order valence-electron chi connectivity index (χ4n) is 3.85. The number of hydrogen-bond donors (Lipinski definition) is 1. The second-order valence-corrected chi connectivity index (χ2v) is 8.49. The van der Waals surface area contributed by atoms with Crippen LogP contribution in [0.5, 0.6) is 0 Å². The third kappa shape index (κ3) is 2.58. The Morgan fingerprint density at radius 3 is 2.29 bits per heavy atom. The van der Waals surface area contributed by atoms with E-state index in [1.807, 2.05) is 24.3 Å². The van der Waals surface area contributed by atoms with E-state index in [9.17, 15) is 13.2 Å². The molecule has 0 amide bonds. The number of para-hydroxylation sites is 2. The van der Waals surface area contributed by atoms with E-state index in [1.54, 1.807) is 13.2 Å². The summed E-state index contributed by atoms with van der Waals surface area (Å²) in [4.78, 5) is 15.2. The predicted octanol–water partition coefficient (Wildman–Crippen LogP) is 1.31. The molecule has 3 heterocycles. The Morgan fingerprint density at radius 2 is 1.58 bits per heavy atom. The number of nitrogens with one attached hydrogen (secondary N) is 1. The van der Waals surface area contributed by atoms with Gasteiger partial charge in [-0.25, -0.2) is 4.79 Å². The molecule has 130 valence electrons. The summed E-state index contributed by atoms with van der Waals surface area (Å²) in [6.45, 7) is 2.19. The van der Waals surface area contributed by atoms with Gasteiger partial charge in [-0.05, 0) is 37.8 Å². The van der Waals surface area contributed by atoms with Crippen molar-refractivity contribution >= 4 is 21.2 Å². The van der Waals surface area contributed by atoms with Gasteiger partial charge in [0.1, 0.15) is 0 Å². The first-order valence-electron chi connectivity index (χ1n) is 8.52. The molecule has 0 radical (unpaired) electrons. The maximum Gasteiger partial charge on any atom is 0.326 e. The van der Waals surface area contributed by atoms with Gasteiger partial charge in [0.25, 0.3) is 10.2 Å². The zero-order chi connectivity index (χ0) is 16.7. The van der Waals surface area contributed by atoms with Crippen molar-refractivity contribution in [1.29, 1.82) is 0 Å². The Balaban J connectivity index is 1.54. The standard InChI is InChI=1S/C16H22N4O3S/c21-16-17-14-5-1-2-6-15(14)20(16)13-7-11-19(12-8-13)24(22,23)18-9-3-4-10-18/h1-2,5-6,13H,3-4,7-12H2,(H,17,21). The molecule has 7 nitrogen and oxygen atoms in total. The van der Waals surface area contributed by atoms with Crippen molar-refractivity contribution in [3.63, 3.8) is 0 Å². The molecule has 4 rings (SSSR count). The Labute approximate surface area is 141 Å². The summed E-state index contributed by atoms with van der Waals surface area (Å²) in [5.74, 6) is 0. The number of rotatable bonds is 3. The minimum Gasteiger partial charge on any atom is -0.306 e. The zero-order valence-corrected chi connectivity index (χ0v) is 14.3. The van der Waals surface area contributed by atoms with Crippen LogP contribution in [0.1, 0.15) is 31.7 Å². The number of piperidine rings is 1. The molecule has 0 saturated carbocycles. The number of imidazole rings is 1. The highest BCUT2D eigenvalue weighted by Gasteiger charge is 2.35. The average molecular weight is 350 g/mol. The van der Waals surface area contributed by atoms with Crippen molar-refractivity contribution in [2.24, 2.45) is 0 Å². The molecule has 1 aromatic carbocycles. The summed E-state index contributed by atoms with van der Waals surface area (Å²) in [5.41, 5.74) is 1.61. The maximum atomic E-state index is 12.6. The molecular formula is C16H22N4O3S. The molecule has 0 spiro atoms. The van der Waals surface area contributed by atoms with Crippen molar-refractivity contribution in [2.75, 3.05) is 26.2 Å². The normalized spacial score (nSPS) is 21.7. The number of benzene rings is 1. The van der Waals surface area contributed by atoms with Crippen LogP contribution in [0.4, 0.5) is 0 Å². The van der Waals surface area contributed by atoms with Gasteiger partial charge < -0.3 is 4.98 Å². The van der Waals surface area contributed by atoms with Crippen LogP contribution in [-0.4, -0.2) is 52.8 Å². The van der Waals surface area contributed by atoms with Crippen LogP contribution in [0.3, 0.4) is 0 Å². The summed E-state index contributed by atoms with van der Waals surface area (Å²) in [7, 11) is -3.34. The molecule has 0 aliphatic carbocycles. The van der Waals surface area contributed by atoms with Crippen LogP contribution in [-0.2, 0) is 10.2 Å². The first-order chi connectivity index (χ1) is 11.6. The van der Waals surface area contributed by atoms with Gasteiger partial charge in [-0.1, -0.05) is 12.1 Å². The number of nitrogens with zero attached hydrogens (tertiary/aromatic N) is 3. The molecule has 2 fully saturated rings. The summed E-state index contributed by atoms with van der Waals surface area (Å²) in [6, 6.07) is 7.67. The summed E-state index contributed by atoms with van der Waals surface area (Å²) < 4.78 is 30.2. The van der Waals surface area contributed by atoms with Crippen LogP contribution >= 0.6 is 0 Å². The monoisotopic (exact) mass is 350 g/mol. The summed E-state index contributed by atoms with van der Waals surface area (Å²) in [6.07, 6.45) is 3.21. The number of aromatic nitrogens is 2. The zero-order valence-electron chi connectivity index (χ0n) is 13.5. The van der Waals surface area contributed by atoms with Crippen LogP contribution in [0.2, 0.25) is 0 Å². The lowest BCUT2D eigenvalue weighted by Crippen LogP contribution is -2.46. The first-order valence-corrected chi connectivity index (χ1v) is 9.91. The second-order valence-electron chi connectivity index (χ2n) is 6.56. The molecule has 24 heavy (non-hydrogen) atoms. The van der Waals surface area contributed by atoms with Gasteiger partial charge in [-0.2, -0.15) is 17.0 Å². The molecule has 2 aromatic rings. The average Bonchev–Trinajstić information content (AvgIpc) is 3.22. The molecular weight excluding hydrogens is 328 g/mol. The fraction of sp³-hybridized carbons (Fsp3) is 0.562. The Kier molecular flexibility index (Phi) is 3.98. The predicted molar refractivity (Wildman–Crippen MR) is 92.1 cm³/mol. The van der Waals surface area contributed by atoms with E-state index in [-0.39, 0.29) is 11.7 Å². The molecule has 2 aliphatic heterocycles. The van der Waals surface area contributed by atoms with Crippen LogP contribution in [0.25, 0.3) is 11.0 Å². The van der Waals surface area contributed by atoms with Crippen molar-refractivity contribution in [1.82, 2.24) is 18.2 Å². The molecule has 0 bridgehead atoms. The van der Waals surface area contributed by atoms with Gasteiger partial charge >= 0.3 is 5.69 Å². The highest BCUT2D eigenvalue weighted by Crippen LogP contribution is 2.27. The van der Waals surface area contributed by atoms with Crippen molar-refractivity contribution in [2.45, 2.75) is 31.7 Å². The number of H-pyrrole nitrogens is 1. The smallest absolute Gasteiger partial charge is 0.306 e. The lowest BCUT2D eigenvalue weighted by Gasteiger charge is -2.34. The quantitative estimate of drug-likeness (QED) is 0.906. The van der Waals surface area contributed by atoms with Gasteiger partial charge in [0.15, 0.2) is 0 Å². The summed E-state index contributed by atoms with van der Waals surface area (Å²) in [5, 5.41) is 0. The van der Waals surface area contributed by atoms with Gasteiger partial charge in [0.2, 0.25) is 0 Å². The van der Waals surface area contributed by atoms with Crippen LogP contribution < -0.4 is 5.69 Å². The molecule has 0 atom stereocenters. The molecule has 8 heteroatoms. The van der Waals surface area contributed by atoms with E-state index in [1.165, 1.54) is 0 Å². The second kappa shape index (κ2) is 6.02. The van der Waals surface area contributed by atoms with Crippen molar-refractivity contribution in [3.8, 4) is 0 Å². The summed E-state index contributed by atoms with van der Waals surface area (Å²) >= 11 is 0. The highest BCUT2D eigenvalue weighted by molar-refractivity contribution is 7.86. The van der Waals surface area contributed by atoms with Crippen molar-refractivity contribution in [3.05, 3.63) is 34.7 Å². The third-order valence-corrected chi connectivity index (χ3v) is 7.17. The fourth-order valence-corrected chi connectivity index (χ4v) is 5.57. The van der Waals surface area contributed by atoms with E-state index in [4.69, 9.17) is 0 Å². The van der Waals surface area contributed by atoms with Gasteiger partial charge in [0, 0.05) is 32.2 Å². The van der Waals surface area contributed by atoms with Crippen LogP contribution in [0.15, 0.2) is 29.1 Å². The topological polar surface area (TPSA) is 78.4 Å². The lowest BCUT2D eigenvalue weighted by atomic mass is 10.1. The van der Waals surface area contributed by atoms with E-state index < -0.39 is 10.2 Å². The lowest BCUT2D eigenvalue weighted by molar-refractivity contribution is 0.260. The van der Waals surface area contributed by atoms with Gasteiger partial charge in [-0.3, -0.25) is 4.57 Å². The van der Waals surface area contributed by atoms with E-state index in [0.29, 0.717) is 39.0 Å². The minimum absolute atomic E-state index is 0.0404. The van der Waals surface area contributed by atoms with Crippen LogP contribution in [0, 0.1) is 0 Å². The first kappa shape index (κ1) is 15.9. The van der Waals surface area contributed by atoms with Crippen molar-refractivity contribution < 1.29 is 8.42 Å². The molecule has 2 saturated heterocycles. The Bertz CT molecular complexity index is 887. The molecule has 0 unspecified atom stereocenters.